The number of rotatable bonds is 6. The van der Waals surface area contributed by atoms with Gasteiger partial charge in [0.2, 0.25) is 0 Å². The Labute approximate surface area is 183 Å². The number of carbonyl (C=O) groups excluding carboxylic acids is 1. The predicted molar refractivity (Wildman–Crippen MR) is 129 cm³/mol. The van der Waals surface area contributed by atoms with E-state index in [9.17, 15) is 4.79 Å². The monoisotopic (exact) mass is 409 g/mol. The zero-order valence-electron chi connectivity index (χ0n) is 17.6. The average Bonchev–Trinajstić information content (AvgIpc) is 3.34. The van der Waals surface area contributed by atoms with Gasteiger partial charge in [-0.2, -0.15) is 0 Å². The topological polar surface area (TPSA) is 58.4 Å². The SMILES string of the molecule is C=C1[C@H](CCCCN)NC(=O)N1c1ccc(C2=Cc3ccccc3C2)c2ccccc12. The van der Waals surface area contributed by atoms with Crippen LogP contribution in [0.3, 0.4) is 0 Å². The third kappa shape index (κ3) is 3.43. The molecule has 1 aliphatic carbocycles. The van der Waals surface area contributed by atoms with E-state index in [1.807, 2.05) is 6.07 Å². The Balaban J connectivity index is 1.52. The van der Waals surface area contributed by atoms with Crippen molar-refractivity contribution in [1.29, 1.82) is 0 Å². The standard InChI is InChI=1S/C27H27N3O/c1-18-25(12-6-7-15-28)29-27(31)30(18)26-14-13-22(23-10-4-5-11-24(23)26)21-16-19-8-2-3-9-20(19)17-21/h2-5,8-11,13-14,16,25H,1,6-7,12,15,17,28H2,(H,29,31)/t25-/m0/s1. The van der Waals surface area contributed by atoms with Crippen molar-refractivity contribution in [3.8, 4) is 0 Å². The van der Waals surface area contributed by atoms with Crippen molar-refractivity contribution >= 4 is 34.1 Å². The summed E-state index contributed by atoms with van der Waals surface area (Å²) < 4.78 is 0. The lowest BCUT2D eigenvalue weighted by Crippen LogP contribution is -2.28. The number of nitrogens with zero attached hydrogens (tertiary/aromatic N) is 1. The zero-order valence-corrected chi connectivity index (χ0v) is 17.6. The van der Waals surface area contributed by atoms with Gasteiger partial charge in [0.25, 0.3) is 0 Å². The zero-order chi connectivity index (χ0) is 21.4. The van der Waals surface area contributed by atoms with Crippen LogP contribution in [-0.4, -0.2) is 18.6 Å². The molecule has 1 aliphatic heterocycles. The van der Waals surface area contributed by atoms with E-state index in [1.165, 1.54) is 22.3 Å². The van der Waals surface area contributed by atoms with Crippen LogP contribution >= 0.6 is 0 Å². The molecule has 1 saturated heterocycles. The van der Waals surface area contributed by atoms with Gasteiger partial charge in [-0.05, 0) is 65.9 Å². The Morgan fingerprint density at radius 2 is 1.77 bits per heavy atom. The Morgan fingerprint density at radius 1 is 1.00 bits per heavy atom. The van der Waals surface area contributed by atoms with Gasteiger partial charge in [-0.3, -0.25) is 4.90 Å². The molecule has 4 heteroatoms. The van der Waals surface area contributed by atoms with Crippen molar-refractivity contribution in [2.24, 2.45) is 5.73 Å². The molecule has 0 saturated carbocycles. The van der Waals surface area contributed by atoms with Crippen molar-refractivity contribution in [2.45, 2.75) is 31.7 Å². The molecule has 1 atom stereocenters. The largest absolute Gasteiger partial charge is 0.330 e. The van der Waals surface area contributed by atoms with E-state index < -0.39 is 0 Å². The minimum Gasteiger partial charge on any atom is -0.330 e. The summed E-state index contributed by atoms with van der Waals surface area (Å²) in [4.78, 5) is 14.6. The molecule has 3 aromatic carbocycles. The number of benzene rings is 3. The first-order chi connectivity index (χ1) is 15.2. The van der Waals surface area contributed by atoms with Crippen LogP contribution in [0.1, 0.15) is 36.0 Å². The first kappa shape index (κ1) is 19.6. The fraction of sp³-hybridized carbons (Fsp3) is 0.222. The number of amides is 2. The van der Waals surface area contributed by atoms with E-state index in [0.29, 0.717) is 6.54 Å². The Hall–Kier alpha value is -3.37. The minimum atomic E-state index is -0.104. The van der Waals surface area contributed by atoms with E-state index in [-0.39, 0.29) is 12.1 Å². The molecule has 3 aromatic rings. The molecule has 0 radical (unpaired) electrons. The molecular formula is C27H27N3O. The average molecular weight is 410 g/mol. The van der Waals surface area contributed by atoms with E-state index in [2.05, 4.69) is 72.6 Å². The van der Waals surface area contributed by atoms with Gasteiger partial charge in [0.1, 0.15) is 0 Å². The highest BCUT2D eigenvalue weighted by atomic mass is 16.2. The smallest absolute Gasteiger partial charge is 0.326 e. The minimum absolute atomic E-state index is 0.0375. The van der Waals surface area contributed by atoms with Crippen molar-refractivity contribution in [1.82, 2.24) is 5.32 Å². The molecule has 4 nitrogen and oxygen atoms in total. The second-order valence-corrected chi connectivity index (χ2v) is 8.34. The van der Waals surface area contributed by atoms with Crippen molar-refractivity contribution < 1.29 is 4.79 Å². The number of hydrogen-bond donors (Lipinski definition) is 2. The van der Waals surface area contributed by atoms with E-state index in [0.717, 1.165) is 47.8 Å². The number of unbranched alkanes of at least 4 members (excludes halogenated alkanes) is 1. The van der Waals surface area contributed by atoms with Gasteiger partial charge in [0.05, 0.1) is 11.7 Å². The van der Waals surface area contributed by atoms with Crippen LogP contribution < -0.4 is 16.0 Å². The van der Waals surface area contributed by atoms with Gasteiger partial charge in [-0.25, -0.2) is 4.79 Å². The number of urea groups is 1. The van der Waals surface area contributed by atoms with Gasteiger partial charge >= 0.3 is 6.03 Å². The number of anilines is 1. The molecule has 3 N–H and O–H groups in total. The molecule has 1 heterocycles. The van der Waals surface area contributed by atoms with Crippen LogP contribution in [0.2, 0.25) is 0 Å². The molecular weight excluding hydrogens is 382 g/mol. The fourth-order valence-corrected chi connectivity index (χ4v) is 4.79. The van der Waals surface area contributed by atoms with E-state index in [4.69, 9.17) is 5.73 Å². The molecule has 31 heavy (non-hydrogen) atoms. The lowest BCUT2D eigenvalue weighted by molar-refractivity contribution is 0.250. The van der Waals surface area contributed by atoms with E-state index >= 15 is 0 Å². The molecule has 5 rings (SSSR count). The van der Waals surface area contributed by atoms with Crippen molar-refractivity contribution in [2.75, 3.05) is 11.4 Å². The summed E-state index contributed by atoms with van der Waals surface area (Å²) in [7, 11) is 0. The third-order valence-electron chi connectivity index (χ3n) is 6.39. The third-order valence-corrected chi connectivity index (χ3v) is 6.39. The van der Waals surface area contributed by atoms with Gasteiger partial charge < -0.3 is 11.1 Å². The maximum absolute atomic E-state index is 12.9. The molecule has 1 fully saturated rings. The second-order valence-electron chi connectivity index (χ2n) is 8.34. The highest BCUT2D eigenvalue weighted by Crippen LogP contribution is 2.40. The summed E-state index contributed by atoms with van der Waals surface area (Å²) in [6.45, 7) is 4.93. The van der Waals surface area contributed by atoms with Crippen LogP contribution in [0.15, 0.2) is 72.9 Å². The summed E-state index contributed by atoms with van der Waals surface area (Å²) in [6, 6.07) is 21.0. The van der Waals surface area contributed by atoms with Crippen LogP contribution in [-0.2, 0) is 6.42 Å². The summed E-state index contributed by atoms with van der Waals surface area (Å²) in [5.74, 6) is 0. The number of hydrogen-bond acceptors (Lipinski definition) is 2. The Kier molecular flexibility index (Phi) is 5.08. The summed E-state index contributed by atoms with van der Waals surface area (Å²) in [5, 5.41) is 5.32. The first-order valence-electron chi connectivity index (χ1n) is 11.0. The number of nitrogens with one attached hydrogen (secondary N) is 1. The normalized spacial score (nSPS) is 17.8. The molecule has 2 amide bonds. The van der Waals surface area contributed by atoms with Crippen LogP contribution in [0.25, 0.3) is 22.4 Å². The second kappa shape index (κ2) is 8.05. The maximum Gasteiger partial charge on any atom is 0.326 e. The summed E-state index contributed by atoms with van der Waals surface area (Å²) in [6.07, 6.45) is 6.00. The van der Waals surface area contributed by atoms with Gasteiger partial charge in [0, 0.05) is 11.1 Å². The summed E-state index contributed by atoms with van der Waals surface area (Å²) >= 11 is 0. The molecule has 0 unspecified atom stereocenters. The number of carbonyl (C=O) groups is 1. The Bertz CT molecular complexity index is 1210. The first-order valence-corrected chi connectivity index (χ1v) is 11.0. The van der Waals surface area contributed by atoms with Crippen molar-refractivity contribution in [3.05, 3.63) is 89.6 Å². The van der Waals surface area contributed by atoms with Gasteiger partial charge in [0.15, 0.2) is 0 Å². The number of fused-ring (bicyclic) bond motifs is 2. The van der Waals surface area contributed by atoms with Crippen LogP contribution in [0, 0.1) is 0 Å². The van der Waals surface area contributed by atoms with Crippen molar-refractivity contribution in [3.63, 3.8) is 0 Å². The number of nitrogens with two attached hydrogens (primary N) is 1. The van der Waals surface area contributed by atoms with Gasteiger partial charge in [-0.1, -0.05) is 67.3 Å². The highest BCUT2D eigenvalue weighted by molar-refractivity contribution is 6.10. The predicted octanol–water partition coefficient (Wildman–Crippen LogP) is 5.48. The quantitative estimate of drug-likeness (QED) is 0.530. The van der Waals surface area contributed by atoms with Gasteiger partial charge in [-0.15, -0.1) is 0 Å². The molecule has 2 aliphatic rings. The summed E-state index contributed by atoms with van der Waals surface area (Å²) in [5.41, 5.74) is 12.5. The molecule has 156 valence electrons. The fourth-order valence-electron chi connectivity index (χ4n) is 4.79. The highest BCUT2D eigenvalue weighted by Gasteiger charge is 2.34. The van der Waals surface area contributed by atoms with Crippen LogP contribution in [0.5, 0.6) is 0 Å². The van der Waals surface area contributed by atoms with Crippen LogP contribution in [0.4, 0.5) is 10.5 Å². The number of allylic oxidation sites excluding steroid dienone is 1. The maximum atomic E-state index is 12.9. The molecule has 0 spiro atoms. The lowest BCUT2D eigenvalue weighted by Gasteiger charge is -2.21. The Morgan fingerprint density at radius 3 is 2.58 bits per heavy atom. The molecule has 0 aromatic heterocycles. The van der Waals surface area contributed by atoms with E-state index in [1.54, 1.807) is 4.90 Å². The molecule has 0 bridgehead atoms. The lowest BCUT2D eigenvalue weighted by atomic mass is 9.95.